The number of nitrogens with zero attached hydrogens (tertiary/aromatic N) is 4. The lowest BCUT2D eigenvalue weighted by atomic mass is 9.85. The lowest BCUT2D eigenvalue weighted by molar-refractivity contribution is 0.174. The Morgan fingerprint density at radius 3 is 2.38 bits per heavy atom. The third-order valence-corrected chi connectivity index (χ3v) is 6.06. The van der Waals surface area contributed by atoms with Gasteiger partial charge < -0.3 is 35.0 Å². The molecule has 0 amide bonds. The fraction of sp³-hybridized carbons (Fsp3) is 0.333. The highest BCUT2D eigenvalue weighted by atomic mass is 16.7. The summed E-state index contributed by atoms with van der Waals surface area (Å²) in [7, 11) is 6.84. The Hall–Kier alpha value is -4.34. The number of rotatable bonds is 5. The monoisotopic (exact) mass is 507 g/mol. The second-order valence-corrected chi connectivity index (χ2v) is 9.98. The van der Waals surface area contributed by atoms with Crippen LogP contribution in [0.2, 0.25) is 0 Å². The number of aromatic nitrogens is 1. The third kappa shape index (κ3) is 4.74. The standard InChI is InChI=1S/C27H33N5O5/c1-27(2,3)23(15-11-12-18-19(13-15)37-14-36-18)30-21-20(25(34)32(7)26(21)35)29-17-10-8-9-16(22(17)33)24(28-4)31(5)6/h8-13,29,33-35H,14H2,1-7H3. The largest absolute Gasteiger partial charge is 0.505 e. The number of hydrogen-bond acceptors (Lipinski definition) is 8. The van der Waals surface area contributed by atoms with Crippen molar-refractivity contribution in [3.63, 3.8) is 0 Å². The van der Waals surface area contributed by atoms with Gasteiger partial charge in [0.25, 0.3) is 0 Å². The van der Waals surface area contributed by atoms with Gasteiger partial charge in [-0.1, -0.05) is 26.8 Å². The fourth-order valence-electron chi connectivity index (χ4n) is 4.21. The van der Waals surface area contributed by atoms with Crippen LogP contribution < -0.4 is 14.8 Å². The van der Waals surface area contributed by atoms with Crippen molar-refractivity contribution in [2.45, 2.75) is 20.8 Å². The van der Waals surface area contributed by atoms with Crippen LogP contribution in [0.1, 0.15) is 31.9 Å². The van der Waals surface area contributed by atoms with Crippen LogP contribution in [-0.2, 0) is 7.05 Å². The number of phenols is 1. The van der Waals surface area contributed by atoms with Gasteiger partial charge in [-0.15, -0.1) is 0 Å². The van der Waals surface area contributed by atoms with Gasteiger partial charge in [-0.2, -0.15) is 0 Å². The molecule has 1 aromatic heterocycles. The first-order valence-electron chi connectivity index (χ1n) is 11.8. The van der Waals surface area contributed by atoms with Crippen molar-refractivity contribution in [2.24, 2.45) is 22.4 Å². The maximum atomic E-state index is 11.1. The number of ether oxygens (including phenoxy) is 2. The number of fused-ring (bicyclic) bond motifs is 1. The molecule has 0 saturated carbocycles. The summed E-state index contributed by atoms with van der Waals surface area (Å²) >= 11 is 0. The van der Waals surface area contributed by atoms with E-state index in [1.165, 1.54) is 11.6 Å². The first kappa shape index (κ1) is 25.7. The Balaban J connectivity index is 1.85. The van der Waals surface area contributed by atoms with E-state index in [1.54, 1.807) is 30.1 Å². The molecule has 3 aromatic rings. The van der Waals surface area contributed by atoms with Crippen LogP contribution >= 0.6 is 0 Å². The van der Waals surface area contributed by atoms with E-state index in [0.29, 0.717) is 34.3 Å². The molecule has 4 N–H and O–H groups in total. The number of aromatic hydroxyl groups is 3. The van der Waals surface area contributed by atoms with E-state index in [4.69, 9.17) is 14.5 Å². The maximum absolute atomic E-state index is 11.1. The summed E-state index contributed by atoms with van der Waals surface area (Å²) in [5.74, 6) is 1.32. The zero-order valence-electron chi connectivity index (χ0n) is 22.1. The second kappa shape index (κ2) is 9.61. The number of phenolic OH excluding ortho intramolecular Hbond substituents is 1. The van der Waals surface area contributed by atoms with Gasteiger partial charge in [0.2, 0.25) is 18.6 Å². The van der Waals surface area contributed by atoms with Crippen molar-refractivity contribution in [3.8, 4) is 29.0 Å². The van der Waals surface area contributed by atoms with Gasteiger partial charge >= 0.3 is 0 Å². The smallest absolute Gasteiger partial charge is 0.231 e. The zero-order chi connectivity index (χ0) is 27.1. The average molecular weight is 508 g/mol. The van der Waals surface area contributed by atoms with Crippen LogP contribution in [0.3, 0.4) is 0 Å². The highest BCUT2D eigenvalue weighted by molar-refractivity contribution is 6.07. The molecular weight excluding hydrogens is 474 g/mol. The Bertz CT molecular complexity index is 1400. The molecule has 0 bridgehead atoms. The lowest BCUT2D eigenvalue weighted by Gasteiger charge is -2.22. The number of amidine groups is 1. The van der Waals surface area contributed by atoms with E-state index in [1.807, 2.05) is 53.1 Å². The van der Waals surface area contributed by atoms with Crippen molar-refractivity contribution in [2.75, 3.05) is 33.3 Å². The minimum atomic E-state index is -0.441. The number of aliphatic imine (C=N–C) groups is 2. The molecule has 4 rings (SSSR count). The van der Waals surface area contributed by atoms with Gasteiger partial charge in [-0.05, 0) is 30.3 Å². The quantitative estimate of drug-likeness (QED) is 0.224. The van der Waals surface area contributed by atoms with Gasteiger partial charge in [-0.25, -0.2) is 4.99 Å². The highest BCUT2D eigenvalue weighted by Gasteiger charge is 2.28. The first-order valence-corrected chi connectivity index (χ1v) is 11.8. The molecule has 0 saturated heterocycles. The van der Waals surface area contributed by atoms with Crippen molar-refractivity contribution < 1.29 is 24.8 Å². The molecule has 0 radical (unpaired) electrons. The van der Waals surface area contributed by atoms with Gasteiger partial charge in [0.1, 0.15) is 17.3 Å². The Morgan fingerprint density at radius 2 is 1.73 bits per heavy atom. The number of anilines is 2. The summed E-state index contributed by atoms with van der Waals surface area (Å²) in [6.07, 6.45) is 0. The fourth-order valence-corrected chi connectivity index (χ4v) is 4.21. The van der Waals surface area contributed by atoms with Crippen molar-refractivity contribution >= 4 is 28.6 Å². The molecule has 37 heavy (non-hydrogen) atoms. The van der Waals surface area contributed by atoms with Gasteiger partial charge in [-0.3, -0.25) is 9.56 Å². The Morgan fingerprint density at radius 1 is 1.03 bits per heavy atom. The van der Waals surface area contributed by atoms with E-state index >= 15 is 0 Å². The Labute approximate surface area is 216 Å². The summed E-state index contributed by atoms with van der Waals surface area (Å²) in [4.78, 5) is 10.9. The van der Waals surface area contributed by atoms with Gasteiger partial charge in [0, 0.05) is 39.2 Å². The zero-order valence-corrected chi connectivity index (χ0v) is 22.1. The van der Waals surface area contributed by atoms with Crippen LogP contribution in [0.25, 0.3) is 0 Å². The van der Waals surface area contributed by atoms with E-state index in [-0.39, 0.29) is 35.7 Å². The van der Waals surface area contributed by atoms with E-state index in [2.05, 4.69) is 10.3 Å². The van der Waals surface area contributed by atoms with E-state index < -0.39 is 5.41 Å². The molecule has 10 heteroatoms. The summed E-state index contributed by atoms with van der Waals surface area (Å²) in [6, 6.07) is 10.7. The first-order chi connectivity index (χ1) is 17.4. The SMILES string of the molecule is CN=C(c1cccc(Nc2c(N=C(c3ccc4c(c3)OCO4)C(C)(C)C)c(O)n(C)c2O)c1O)N(C)C. The second-order valence-electron chi connectivity index (χ2n) is 9.98. The maximum Gasteiger partial charge on any atom is 0.231 e. The number of benzene rings is 2. The minimum absolute atomic E-state index is 0.0544. The topological polar surface area (TPSA) is 124 Å². The number of para-hydroxylation sites is 1. The lowest BCUT2D eigenvalue weighted by Crippen LogP contribution is -2.23. The van der Waals surface area contributed by atoms with Crippen molar-refractivity contribution in [3.05, 3.63) is 47.5 Å². The summed E-state index contributed by atoms with van der Waals surface area (Å²) in [6.45, 7) is 6.17. The molecule has 0 fully saturated rings. The molecule has 1 aliphatic rings. The van der Waals surface area contributed by atoms with Crippen LogP contribution in [0.4, 0.5) is 17.1 Å². The average Bonchev–Trinajstić information content (AvgIpc) is 3.38. The van der Waals surface area contributed by atoms with Crippen molar-refractivity contribution in [1.82, 2.24) is 9.47 Å². The highest BCUT2D eigenvalue weighted by Crippen LogP contribution is 2.48. The molecule has 10 nitrogen and oxygen atoms in total. The van der Waals surface area contributed by atoms with E-state index in [9.17, 15) is 15.3 Å². The van der Waals surface area contributed by atoms with Crippen LogP contribution in [0.5, 0.6) is 29.0 Å². The Kier molecular flexibility index (Phi) is 6.68. The molecule has 0 unspecified atom stereocenters. The minimum Gasteiger partial charge on any atom is -0.505 e. The molecule has 2 aromatic carbocycles. The molecule has 196 valence electrons. The van der Waals surface area contributed by atoms with Gasteiger partial charge in [0.05, 0.1) is 17.0 Å². The molecule has 1 aliphatic heterocycles. The summed E-state index contributed by atoms with van der Waals surface area (Å²) < 4.78 is 12.2. The van der Waals surface area contributed by atoms with Crippen molar-refractivity contribution in [1.29, 1.82) is 0 Å². The summed E-state index contributed by atoms with van der Waals surface area (Å²) in [5, 5.41) is 36.0. The number of nitrogens with one attached hydrogen (secondary N) is 1. The predicted molar refractivity (Wildman–Crippen MR) is 144 cm³/mol. The van der Waals surface area contributed by atoms with Crippen LogP contribution in [0, 0.1) is 5.41 Å². The molecule has 2 heterocycles. The molecule has 0 atom stereocenters. The van der Waals surface area contributed by atoms with E-state index in [0.717, 1.165) is 5.56 Å². The molecule has 0 aliphatic carbocycles. The molecule has 0 spiro atoms. The van der Waals surface area contributed by atoms with Crippen LogP contribution in [0.15, 0.2) is 46.4 Å². The molecular formula is C27H33N5O5. The van der Waals surface area contributed by atoms with Gasteiger partial charge in [0.15, 0.2) is 17.2 Å². The summed E-state index contributed by atoms with van der Waals surface area (Å²) in [5.41, 5.74) is 2.10. The van der Waals surface area contributed by atoms with Crippen LogP contribution in [-0.4, -0.2) is 64.3 Å². The third-order valence-electron chi connectivity index (χ3n) is 6.06. The normalized spacial score (nSPS) is 13.7. The number of hydrogen-bond donors (Lipinski definition) is 4. The predicted octanol–water partition coefficient (Wildman–Crippen LogP) is 4.72.